The lowest BCUT2D eigenvalue weighted by atomic mass is 10.1. The molecule has 0 radical (unpaired) electrons. The van der Waals surface area contributed by atoms with Crippen molar-refractivity contribution < 1.29 is 19.0 Å². The van der Waals surface area contributed by atoms with E-state index in [-0.39, 0.29) is 18.1 Å². The third-order valence-electron chi connectivity index (χ3n) is 4.61. The predicted octanol–water partition coefficient (Wildman–Crippen LogP) is 5.93. The highest BCUT2D eigenvalue weighted by Gasteiger charge is 2.15. The van der Waals surface area contributed by atoms with Gasteiger partial charge in [-0.1, -0.05) is 12.1 Å². The molecule has 2 aromatic carbocycles. The summed E-state index contributed by atoms with van der Waals surface area (Å²) >= 11 is 0. The Hall–Kier alpha value is -3.38. The summed E-state index contributed by atoms with van der Waals surface area (Å²) in [5.74, 6) is 1.74. The second-order valence-electron chi connectivity index (χ2n) is 7.46. The smallest absolute Gasteiger partial charge is 0.257 e. The van der Waals surface area contributed by atoms with E-state index in [9.17, 15) is 4.79 Å². The Bertz CT molecular complexity index is 1050. The summed E-state index contributed by atoms with van der Waals surface area (Å²) in [5.41, 5.74) is 2.60. The van der Waals surface area contributed by atoms with Gasteiger partial charge in [-0.2, -0.15) is 0 Å². The van der Waals surface area contributed by atoms with Gasteiger partial charge in [0.25, 0.3) is 5.91 Å². The maximum Gasteiger partial charge on any atom is 0.257 e. The van der Waals surface area contributed by atoms with Crippen LogP contribution in [-0.4, -0.2) is 24.1 Å². The summed E-state index contributed by atoms with van der Waals surface area (Å²) in [5, 5.41) is 2.91. The van der Waals surface area contributed by atoms with E-state index in [1.165, 1.54) is 0 Å². The van der Waals surface area contributed by atoms with Crippen molar-refractivity contribution in [2.45, 2.75) is 39.9 Å². The number of anilines is 1. The van der Waals surface area contributed by atoms with Crippen LogP contribution in [0.3, 0.4) is 0 Å². The first kappa shape index (κ1) is 22.3. The lowest BCUT2D eigenvalue weighted by Crippen LogP contribution is -2.16. The zero-order valence-corrected chi connectivity index (χ0v) is 18.5. The summed E-state index contributed by atoms with van der Waals surface area (Å²) in [6, 6.07) is 18.2. The molecule has 0 saturated heterocycles. The van der Waals surface area contributed by atoms with Gasteiger partial charge in [0.1, 0.15) is 17.2 Å². The normalized spacial score (nSPS) is 11.8. The van der Waals surface area contributed by atoms with E-state index < -0.39 is 0 Å². The lowest BCUT2D eigenvalue weighted by molar-refractivity contribution is 0.0154. The number of carbonyl (C=O) groups excluding carboxylic acids is 1. The molecule has 6 nitrogen and oxygen atoms in total. The number of carbonyl (C=O) groups is 1. The summed E-state index contributed by atoms with van der Waals surface area (Å²) in [6.07, 6.45) is -0.0344. The molecule has 0 aliphatic carbocycles. The molecule has 1 atom stereocenters. The van der Waals surface area contributed by atoms with Crippen LogP contribution >= 0.6 is 0 Å². The van der Waals surface area contributed by atoms with Crippen molar-refractivity contribution >= 4 is 11.6 Å². The number of rotatable bonds is 8. The predicted molar refractivity (Wildman–Crippen MR) is 121 cm³/mol. The van der Waals surface area contributed by atoms with Crippen molar-refractivity contribution in [2.24, 2.45) is 0 Å². The van der Waals surface area contributed by atoms with Crippen LogP contribution in [0.1, 0.15) is 48.6 Å². The fraction of sp³-hybridized carbons (Fsp3) is 0.280. The summed E-state index contributed by atoms with van der Waals surface area (Å²) in [6.45, 7) is 7.74. The van der Waals surface area contributed by atoms with Crippen molar-refractivity contribution in [3.63, 3.8) is 0 Å². The number of amides is 1. The SMILES string of the molecule is COc1cccc(Oc2cccc(NC(=O)c3ccc(C(C)OC(C)C)nc3C)c2)c1. The Kier molecular flexibility index (Phi) is 7.26. The minimum absolute atomic E-state index is 0.103. The van der Waals surface area contributed by atoms with Crippen LogP contribution in [0.15, 0.2) is 60.7 Å². The molecule has 0 fully saturated rings. The maximum absolute atomic E-state index is 12.8. The number of aryl methyl sites for hydroxylation is 1. The Morgan fingerprint density at radius 1 is 0.935 bits per heavy atom. The van der Waals surface area contributed by atoms with Gasteiger partial charge in [-0.05, 0) is 64.1 Å². The fourth-order valence-electron chi connectivity index (χ4n) is 3.16. The first-order chi connectivity index (χ1) is 14.9. The van der Waals surface area contributed by atoms with Gasteiger partial charge in [0.05, 0.1) is 36.3 Å². The van der Waals surface area contributed by atoms with Crippen molar-refractivity contribution in [2.75, 3.05) is 12.4 Å². The highest BCUT2D eigenvalue weighted by atomic mass is 16.5. The lowest BCUT2D eigenvalue weighted by Gasteiger charge is -2.17. The van der Waals surface area contributed by atoms with Crippen molar-refractivity contribution in [1.29, 1.82) is 0 Å². The Balaban J connectivity index is 1.71. The highest BCUT2D eigenvalue weighted by Crippen LogP contribution is 2.27. The van der Waals surface area contributed by atoms with E-state index >= 15 is 0 Å². The van der Waals surface area contributed by atoms with Crippen LogP contribution < -0.4 is 14.8 Å². The first-order valence-corrected chi connectivity index (χ1v) is 10.2. The molecule has 0 saturated carbocycles. The number of nitrogens with zero attached hydrogens (tertiary/aromatic N) is 1. The highest BCUT2D eigenvalue weighted by molar-refractivity contribution is 6.05. The summed E-state index contributed by atoms with van der Waals surface area (Å²) < 4.78 is 16.9. The molecule has 1 amide bonds. The quantitative estimate of drug-likeness (QED) is 0.489. The average Bonchev–Trinajstić information content (AvgIpc) is 2.73. The van der Waals surface area contributed by atoms with E-state index in [2.05, 4.69) is 10.3 Å². The second kappa shape index (κ2) is 10.1. The third kappa shape index (κ3) is 6.06. The molecule has 0 aliphatic heterocycles. The monoisotopic (exact) mass is 420 g/mol. The van der Waals surface area contributed by atoms with Crippen LogP contribution in [-0.2, 0) is 4.74 Å². The molecule has 1 N–H and O–H groups in total. The Labute approximate surface area is 183 Å². The number of hydrogen-bond acceptors (Lipinski definition) is 5. The zero-order valence-electron chi connectivity index (χ0n) is 18.5. The number of nitrogens with one attached hydrogen (secondary N) is 1. The molecule has 1 unspecified atom stereocenters. The number of hydrogen-bond donors (Lipinski definition) is 1. The van der Waals surface area contributed by atoms with Crippen LogP contribution in [0.5, 0.6) is 17.2 Å². The van der Waals surface area contributed by atoms with Crippen LogP contribution in [0.2, 0.25) is 0 Å². The van der Waals surface area contributed by atoms with Crippen molar-refractivity contribution in [1.82, 2.24) is 4.98 Å². The number of pyridine rings is 1. The first-order valence-electron chi connectivity index (χ1n) is 10.2. The third-order valence-corrected chi connectivity index (χ3v) is 4.61. The van der Waals surface area contributed by atoms with Gasteiger partial charge < -0.3 is 19.5 Å². The van der Waals surface area contributed by atoms with Gasteiger partial charge in [-0.3, -0.25) is 9.78 Å². The molecular formula is C25H28N2O4. The van der Waals surface area contributed by atoms with E-state index in [1.807, 2.05) is 70.2 Å². The molecule has 1 aromatic heterocycles. The van der Waals surface area contributed by atoms with E-state index in [0.29, 0.717) is 34.2 Å². The molecule has 0 bridgehead atoms. The van der Waals surface area contributed by atoms with E-state index in [0.717, 1.165) is 5.69 Å². The van der Waals surface area contributed by atoms with Crippen molar-refractivity contribution in [3.8, 4) is 17.2 Å². The molecule has 3 aromatic rings. The van der Waals surface area contributed by atoms with Gasteiger partial charge in [0.2, 0.25) is 0 Å². The van der Waals surface area contributed by atoms with Crippen LogP contribution in [0.25, 0.3) is 0 Å². The minimum Gasteiger partial charge on any atom is -0.497 e. The number of ether oxygens (including phenoxy) is 3. The van der Waals surface area contributed by atoms with Gasteiger partial charge in [0, 0.05) is 17.8 Å². The van der Waals surface area contributed by atoms with Gasteiger partial charge in [0.15, 0.2) is 0 Å². The molecule has 31 heavy (non-hydrogen) atoms. The maximum atomic E-state index is 12.8. The largest absolute Gasteiger partial charge is 0.497 e. The number of benzene rings is 2. The number of methoxy groups -OCH3 is 1. The molecular weight excluding hydrogens is 392 g/mol. The van der Waals surface area contributed by atoms with E-state index in [4.69, 9.17) is 14.2 Å². The Morgan fingerprint density at radius 3 is 2.29 bits per heavy atom. The van der Waals surface area contributed by atoms with Gasteiger partial charge >= 0.3 is 0 Å². The Morgan fingerprint density at radius 2 is 1.61 bits per heavy atom. The average molecular weight is 421 g/mol. The van der Waals surface area contributed by atoms with Crippen LogP contribution in [0.4, 0.5) is 5.69 Å². The minimum atomic E-state index is -0.229. The van der Waals surface area contributed by atoms with Gasteiger partial charge in [-0.25, -0.2) is 0 Å². The summed E-state index contributed by atoms with van der Waals surface area (Å²) in [7, 11) is 1.61. The number of aromatic nitrogens is 1. The van der Waals surface area contributed by atoms with Crippen LogP contribution in [0, 0.1) is 6.92 Å². The second-order valence-corrected chi connectivity index (χ2v) is 7.46. The van der Waals surface area contributed by atoms with Crippen molar-refractivity contribution in [3.05, 3.63) is 77.6 Å². The molecule has 6 heteroatoms. The molecule has 3 rings (SSSR count). The molecule has 162 valence electrons. The standard InChI is InChI=1S/C25H28N2O4/c1-16(2)30-18(4)24-13-12-23(17(3)26-24)25(28)27-19-8-6-10-21(14-19)31-22-11-7-9-20(15-22)29-5/h6-16,18H,1-5H3,(H,27,28). The van der Waals surface area contributed by atoms with Gasteiger partial charge in [-0.15, -0.1) is 0 Å². The topological polar surface area (TPSA) is 69.7 Å². The molecule has 1 heterocycles. The fourth-order valence-corrected chi connectivity index (χ4v) is 3.16. The molecule has 0 spiro atoms. The summed E-state index contributed by atoms with van der Waals surface area (Å²) in [4.78, 5) is 17.4. The van der Waals surface area contributed by atoms with E-state index in [1.54, 1.807) is 25.3 Å². The molecule has 0 aliphatic rings. The zero-order chi connectivity index (χ0) is 22.4.